The summed E-state index contributed by atoms with van der Waals surface area (Å²) in [4.78, 5) is 13.7. The number of aromatic hydroxyl groups is 1. The zero-order valence-electron chi connectivity index (χ0n) is 13.0. The second kappa shape index (κ2) is 6.60. The molecule has 5 nitrogen and oxygen atoms in total. The fraction of sp³-hybridized carbons (Fsp3) is 0.375. The van der Waals surface area contributed by atoms with Crippen molar-refractivity contribution in [1.82, 2.24) is 15.1 Å². The maximum Gasteiger partial charge on any atom is 0.256 e. The molecular formula is C16H20FN3O2. The number of nitrogens with zero attached hydrogens (tertiary/aromatic N) is 2. The number of aromatic nitrogens is 2. The molecule has 1 aromatic heterocycles. The molecule has 0 saturated heterocycles. The number of hydrogen-bond donors (Lipinski definition) is 2. The molecule has 0 bridgehead atoms. The minimum absolute atomic E-state index is 0.113. The predicted octanol–water partition coefficient (Wildman–Crippen LogP) is 2.58. The Kier molecular flexibility index (Phi) is 4.80. The van der Waals surface area contributed by atoms with Crippen molar-refractivity contribution in [2.75, 3.05) is 13.6 Å². The number of phenols is 1. The highest BCUT2D eigenvalue weighted by atomic mass is 19.1. The Balaban J connectivity index is 1.96. The van der Waals surface area contributed by atoms with E-state index in [-0.39, 0.29) is 11.3 Å². The summed E-state index contributed by atoms with van der Waals surface area (Å²) in [7, 11) is 1.63. The van der Waals surface area contributed by atoms with Crippen LogP contribution < -0.4 is 0 Å². The van der Waals surface area contributed by atoms with Gasteiger partial charge < -0.3 is 10.0 Å². The second-order valence-corrected chi connectivity index (χ2v) is 5.41. The summed E-state index contributed by atoms with van der Waals surface area (Å²) in [6.45, 7) is 4.40. The van der Waals surface area contributed by atoms with Crippen molar-refractivity contribution in [3.63, 3.8) is 0 Å². The first-order valence-corrected chi connectivity index (χ1v) is 7.14. The molecule has 0 radical (unpaired) electrons. The Bertz CT molecular complexity index is 663. The number of nitrogens with one attached hydrogen (secondary N) is 1. The quantitative estimate of drug-likeness (QED) is 0.892. The summed E-state index contributed by atoms with van der Waals surface area (Å²) in [6.07, 6.45) is 1.55. The standard InChI is InChI=1S/C16H20FN3O2/c1-10-13(11(2)19-18-10)5-4-8-20(3)16(22)14-9-12(21)6-7-15(14)17/h6-7,9,21H,4-5,8H2,1-3H3,(H,18,19). The van der Waals surface area contributed by atoms with Crippen LogP contribution in [-0.2, 0) is 6.42 Å². The molecule has 0 aliphatic rings. The lowest BCUT2D eigenvalue weighted by Gasteiger charge is -2.17. The predicted molar refractivity (Wildman–Crippen MR) is 81.4 cm³/mol. The van der Waals surface area contributed by atoms with E-state index in [1.807, 2.05) is 13.8 Å². The lowest BCUT2D eigenvalue weighted by atomic mass is 10.1. The van der Waals surface area contributed by atoms with E-state index in [1.54, 1.807) is 7.05 Å². The van der Waals surface area contributed by atoms with Gasteiger partial charge in [0.25, 0.3) is 5.91 Å². The molecule has 0 atom stereocenters. The topological polar surface area (TPSA) is 69.2 Å². The summed E-state index contributed by atoms with van der Waals surface area (Å²) in [6, 6.07) is 3.46. The fourth-order valence-corrected chi connectivity index (χ4v) is 2.42. The first-order valence-electron chi connectivity index (χ1n) is 7.14. The van der Waals surface area contributed by atoms with Gasteiger partial charge in [-0.05, 0) is 50.5 Å². The number of halogens is 1. The number of H-pyrrole nitrogens is 1. The monoisotopic (exact) mass is 305 g/mol. The summed E-state index contributed by atoms with van der Waals surface area (Å²) in [5.74, 6) is -1.19. The zero-order valence-corrected chi connectivity index (χ0v) is 13.0. The highest BCUT2D eigenvalue weighted by molar-refractivity contribution is 5.94. The normalized spacial score (nSPS) is 10.7. The summed E-state index contributed by atoms with van der Waals surface area (Å²) in [5.41, 5.74) is 3.04. The van der Waals surface area contributed by atoms with Gasteiger partial charge in [-0.15, -0.1) is 0 Å². The minimum Gasteiger partial charge on any atom is -0.508 e. The summed E-state index contributed by atoms with van der Waals surface area (Å²) in [5, 5.41) is 16.4. The van der Waals surface area contributed by atoms with Gasteiger partial charge in [-0.3, -0.25) is 9.89 Å². The van der Waals surface area contributed by atoms with Gasteiger partial charge in [-0.25, -0.2) is 4.39 Å². The van der Waals surface area contributed by atoms with Crippen molar-refractivity contribution >= 4 is 5.91 Å². The molecule has 0 fully saturated rings. The molecule has 1 heterocycles. The molecular weight excluding hydrogens is 285 g/mol. The first kappa shape index (κ1) is 16.0. The minimum atomic E-state index is -0.629. The molecule has 2 aromatic rings. The maximum absolute atomic E-state index is 13.7. The van der Waals surface area contributed by atoms with E-state index in [0.29, 0.717) is 6.54 Å². The Morgan fingerprint density at radius 2 is 2.14 bits per heavy atom. The van der Waals surface area contributed by atoms with Crippen molar-refractivity contribution in [1.29, 1.82) is 0 Å². The van der Waals surface area contributed by atoms with Gasteiger partial charge in [0, 0.05) is 19.3 Å². The van der Waals surface area contributed by atoms with E-state index < -0.39 is 11.7 Å². The van der Waals surface area contributed by atoms with Gasteiger partial charge in [0.05, 0.1) is 11.3 Å². The number of amides is 1. The molecule has 0 spiro atoms. The van der Waals surface area contributed by atoms with E-state index in [2.05, 4.69) is 10.2 Å². The number of rotatable bonds is 5. The molecule has 0 aliphatic heterocycles. The van der Waals surface area contributed by atoms with Crippen LogP contribution in [0.5, 0.6) is 5.75 Å². The van der Waals surface area contributed by atoms with Crippen LogP contribution >= 0.6 is 0 Å². The van der Waals surface area contributed by atoms with Crippen molar-refractivity contribution in [3.05, 3.63) is 46.5 Å². The molecule has 2 N–H and O–H groups in total. The van der Waals surface area contributed by atoms with E-state index in [9.17, 15) is 14.3 Å². The molecule has 1 aromatic carbocycles. The van der Waals surface area contributed by atoms with Crippen molar-refractivity contribution in [3.8, 4) is 5.75 Å². The lowest BCUT2D eigenvalue weighted by Crippen LogP contribution is -2.28. The highest BCUT2D eigenvalue weighted by Crippen LogP contribution is 2.17. The maximum atomic E-state index is 13.7. The molecule has 0 aliphatic carbocycles. The third kappa shape index (κ3) is 3.44. The average molecular weight is 305 g/mol. The Labute approximate surface area is 128 Å². The first-order chi connectivity index (χ1) is 10.4. The number of carbonyl (C=O) groups is 1. The van der Waals surface area contributed by atoms with Gasteiger partial charge in [0.15, 0.2) is 0 Å². The van der Waals surface area contributed by atoms with E-state index in [0.717, 1.165) is 41.9 Å². The molecule has 1 amide bonds. The SMILES string of the molecule is Cc1n[nH]c(C)c1CCCN(C)C(=O)c1cc(O)ccc1F. The van der Waals surface area contributed by atoms with Crippen LogP contribution in [-0.4, -0.2) is 39.7 Å². The van der Waals surface area contributed by atoms with Crippen molar-refractivity contribution < 1.29 is 14.3 Å². The third-order valence-corrected chi connectivity index (χ3v) is 3.73. The van der Waals surface area contributed by atoms with E-state index >= 15 is 0 Å². The van der Waals surface area contributed by atoms with Crippen LogP contribution in [0.25, 0.3) is 0 Å². The van der Waals surface area contributed by atoms with Crippen LogP contribution in [0.4, 0.5) is 4.39 Å². The molecule has 0 unspecified atom stereocenters. The molecule has 0 saturated carbocycles. The fourth-order valence-electron chi connectivity index (χ4n) is 2.42. The third-order valence-electron chi connectivity index (χ3n) is 3.73. The van der Waals surface area contributed by atoms with Crippen molar-refractivity contribution in [2.24, 2.45) is 0 Å². The van der Waals surface area contributed by atoms with Crippen LogP contribution in [0.15, 0.2) is 18.2 Å². The van der Waals surface area contributed by atoms with E-state index in [1.165, 1.54) is 11.0 Å². The van der Waals surface area contributed by atoms with Gasteiger partial charge in [0.2, 0.25) is 0 Å². The van der Waals surface area contributed by atoms with Gasteiger partial charge >= 0.3 is 0 Å². The van der Waals surface area contributed by atoms with E-state index in [4.69, 9.17) is 0 Å². The molecule has 6 heteroatoms. The Hall–Kier alpha value is -2.37. The summed E-state index contributed by atoms with van der Waals surface area (Å²) < 4.78 is 13.7. The Morgan fingerprint density at radius 3 is 2.77 bits per heavy atom. The highest BCUT2D eigenvalue weighted by Gasteiger charge is 2.17. The largest absolute Gasteiger partial charge is 0.508 e. The van der Waals surface area contributed by atoms with Crippen LogP contribution in [0.2, 0.25) is 0 Å². The van der Waals surface area contributed by atoms with Gasteiger partial charge in [0.1, 0.15) is 11.6 Å². The number of hydrogen-bond acceptors (Lipinski definition) is 3. The average Bonchev–Trinajstić information content (AvgIpc) is 2.80. The number of phenolic OH excluding ortho intramolecular Hbond substituents is 1. The Morgan fingerprint density at radius 1 is 1.41 bits per heavy atom. The van der Waals surface area contributed by atoms with Gasteiger partial charge in [-0.2, -0.15) is 5.10 Å². The number of benzene rings is 1. The molecule has 2 rings (SSSR count). The number of carbonyl (C=O) groups excluding carboxylic acids is 1. The zero-order chi connectivity index (χ0) is 16.3. The van der Waals surface area contributed by atoms with Crippen LogP contribution in [0.1, 0.15) is 33.7 Å². The van der Waals surface area contributed by atoms with Crippen LogP contribution in [0.3, 0.4) is 0 Å². The lowest BCUT2D eigenvalue weighted by molar-refractivity contribution is 0.0788. The second-order valence-electron chi connectivity index (χ2n) is 5.41. The molecule has 22 heavy (non-hydrogen) atoms. The molecule has 118 valence electrons. The number of aromatic amines is 1. The summed E-state index contributed by atoms with van der Waals surface area (Å²) >= 11 is 0. The number of aryl methyl sites for hydroxylation is 2. The van der Waals surface area contributed by atoms with Crippen LogP contribution in [0, 0.1) is 19.7 Å². The van der Waals surface area contributed by atoms with Crippen molar-refractivity contribution in [2.45, 2.75) is 26.7 Å². The smallest absolute Gasteiger partial charge is 0.256 e. The van der Waals surface area contributed by atoms with Gasteiger partial charge in [-0.1, -0.05) is 0 Å².